The summed E-state index contributed by atoms with van der Waals surface area (Å²) in [6.07, 6.45) is 6.59. The van der Waals surface area contributed by atoms with Crippen LogP contribution in [0.5, 0.6) is 0 Å². The fourth-order valence-electron chi connectivity index (χ4n) is 4.40. The molecule has 198 valence electrons. The van der Waals surface area contributed by atoms with Gasteiger partial charge in [-0.2, -0.15) is 0 Å². The molecule has 4 aromatic rings. The summed E-state index contributed by atoms with van der Waals surface area (Å²) < 4.78 is 19.6. The van der Waals surface area contributed by atoms with E-state index in [9.17, 15) is 14.0 Å². The Kier molecular flexibility index (Phi) is 7.81. The molecule has 39 heavy (non-hydrogen) atoms. The number of nitrogens with one attached hydrogen (secondary N) is 2. The van der Waals surface area contributed by atoms with E-state index in [-0.39, 0.29) is 17.6 Å². The van der Waals surface area contributed by atoms with Crippen LogP contribution >= 0.6 is 0 Å². The minimum Gasteiger partial charge on any atom is -0.455 e. The Balaban J connectivity index is 1.73. The van der Waals surface area contributed by atoms with Crippen molar-refractivity contribution < 1.29 is 18.4 Å². The summed E-state index contributed by atoms with van der Waals surface area (Å²) in [5.74, 6) is -0.603. The Bertz CT molecular complexity index is 1610. The first-order chi connectivity index (χ1) is 18.7. The monoisotopic (exact) mass is 523 g/mol. The standard InChI is InChI=1S/C32H30FN3O3/c1-5-7-24(16-17-34)32(2,3)36-30(37)23-9-6-8-21(18-23)22-12-15-27-26(19-22)28(31(38)35-4)29(39-27)20-10-13-25(33)14-11-20/h5-19H,1,34H2,2-4H3,(H,35,38)(H,36,37)/b17-16-,24-7+. The van der Waals surface area contributed by atoms with Gasteiger partial charge in [0.2, 0.25) is 0 Å². The zero-order valence-corrected chi connectivity index (χ0v) is 22.0. The zero-order chi connectivity index (χ0) is 28.2. The van der Waals surface area contributed by atoms with E-state index in [4.69, 9.17) is 10.2 Å². The highest BCUT2D eigenvalue weighted by molar-refractivity contribution is 6.11. The van der Waals surface area contributed by atoms with E-state index in [1.807, 2.05) is 32.0 Å². The molecule has 0 fully saturated rings. The molecule has 0 atom stereocenters. The fraction of sp³-hybridized carbons (Fsp3) is 0.125. The summed E-state index contributed by atoms with van der Waals surface area (Å²) in [6, 6.07) is 18.5. The van der Waals surface area contributed by atoms with Crippen LogP contribution < -0.4 is 16.4 Å². The van der Waals surface area contributed by atoms with Crippen LogP contribution in [0, 0.1) is 5.82 Å². The van der Waals surface area contributed by atoms with Gasteiger partial charge >= 0.3 is 0 Å². The van der Waals surface area contributed by atoms with Crippen molar-refractivity contribution in [1.82, 2.24) is 10.6 Å². The molecule has 0 saturated heterocycles. The average molecular weight is 524 g/mol. The molecule has 7 heteroatoms. The third-order valence-electron chi connectivity index (χ3n) is 6.43. The van der Waals surface area contributed by atoms with Gasteiger partial charge in [0.1, 0.15) is 17.2 Å². The largest absolute Gasteiger partial charge is 0.455 e. The van der Waals surface area contributed by atoms with Gasteiger partial charge in [-0.3, -0.25) is 9.59 Å². The number of carbonyl (C=O) groups is 2. The minimum absolute atomic E-state index is 0.253. The van der Waals surface area contributed by atoms with Crippen molar-refractivity contribution in [3.05, 3.63) is 120 Å². The highest BCUT2D eigenvalue weighted by atomic mass is 19.1. The van der Waals surface area contributed by atoms with Crippen molar-refractivity contribution in [2.75, 3.05) is 7.05 Å². The molecule has 1 heterocycles. The predicted octanol–water partition coefficient (Wildman–Crippen LogP) is 6.36. The third-order valence-corrected chi connectivity index (χ3v) is 6.43. The van der Waals surface area contributed by atoms with Crippen LogP contribution in [0.2, 0.25) is 0 Å². The second-order valence-corrected chi connectivity index (χ2v) is 9.48. The first kappa shape index (κ1) is 27.1. The number of hydrogen-bond donors (Lipinski definition) is 3. The normalized spacial score (nSPS) is 12.1. The Morgan fingerprint density at radius 3 is 2.33 bits per heavy atom. The summed E-state index contributed by atoms with van der Waals surface area (Å²) in [4.78, 5) is 26.1. The Morgan fingerprint density at radius 1 is 0.974 bits per heavy atom. The fourth-order valence-corrected chi connectivity index (χ4v) is 4.40. The lowest BCUT2D eigenvalue weighted by Gasteiger charge is -2.28. The number of allylic oxidation sites excluding steroid dienone is 2. The summed E-state index contributed by atoms with van der Waals surface area (Å²) >= 11 is 0. The van der Waals surface area contributed by atoms with Gasteiger partial charge in [0.15, 0.2) is 0 Å². The third kappa shape index (κ3) is 5.67. The Labute approximate surface area is 226 Å². The maximum Gasteiger partial charge on any atom is 0.255 e. The molecule has 3 aromatic carbocycles. The summed E-state index contributed by atoms with van der Waals surface area (Å²) in [6.45, 7) is 7.50. The van der Waals surface area contributed by atoms with Crippen LogP contribution in [0.1, 0.15) is 34.6 Å². The molecule has 0 unspecified atom stereocenters. The molecule has 4 N–H and O–H groups in total. The van der Waals surface area contributed by atoms with E-state index in [1.165, 1.54) is 18.3 Å². The molecular formula is C32H30FN3O3. The van der Waals surface area contributed by atoms with E-state index >= 15 is 0 Å². The number of amides is 2. The number of carbonyl (C=O) groups excluding carboxylic acids is 2. The number of hydrogen-bond acceptors (Lipinski definition) is 4. The lowest BCUT2D eigenvalue weighted by atomic mass is 9.92. The number of furan rings is 1. The van der Waals surface area contributed by atoms with Crippen molar-refractivity contribution in [3.8, 4) is 22.5 Å². The molecule has 0 radical (unpaired) electrons. The maximum atomic E-state index is 13.5. The molecule has 0 spiro atoms. The number of benzene rings is 3. The summed E-state index contributed by atoms with van der Waals surface area (Å²) in [5.41, 5.74) is 9.20. The van der Waals surface area contributed by atoms with Crippen molar-refractivity contribution in [2.24, 2.45) is 5.73 Å². The van der Waals surface area contributed by atoms with Crippen molar-refractivity contribution in [2.45, 2.75) is 19.4 Å². The van der Waals surface area contributed by atoms with Crippen LogP contribution in [-0.2, 0) is 0 Å². The maximum absolute atomic E-state index is 13.5. The molecule has 2 amide bonds. The molecule has 6 nitrogen and oxygen atoms in total. The average Bonchev–Trinajstić information content (AvgIpc) is 3.31. The molecular weight excluding hydrogens is 493 g/mol. The van der Waals surface area contributed by atoms with Gasteiger partial charge in [0.25, 0.3) is 11.8 Å². The Morgan fingerprint density at radius 2 is 1.67 bits per heavy atom. The Hall–Kier alpha value is -4.91. The van der Waals surface area contributed by atoms with Crippen molar-refractivity contribution in [3.63, 3.8) is 0 Å². The van der Waals surface area contributed by atoms with Gasteiger partial charge in [-0.1, -0.05) is 36.9 Å². The molecule has 0 bridgehead atoms. The molecule has 0 aliphatic rings. The molecule has 0 saturated carbocycles. The van der Waals surface area contributed by atoms with Crippen LogP contribution in [0.25, 0.3) is 33.4 Å². The SMILES string of the molecule is C=C/C=C(\C=C/N)C(C)(C)NC(=O)c1cccc(-c2ccc3oc(-c4ccc(F)cc4)c(C(=O)NC)c3c2)c1. The molecule has 0 aliphatic carbocycles. The van der Waals surface area contributed by atoms with Gasteiger partial charge in [0.05, 0.1) is 11.1 Å². The van der Waals surface area contributed by atoms with E-state index in [0.717, 1.165) is 16.7 Å². The van der Waals surface area contributed by atoms with Crippen LogP contribution in [-0.4, -0.2) is 24.4 Å². The predicted molar refractivity (Wildman–Crippen MR) is 154 cm³/mol. The van der Waals surface area contributed by atoms with E-state index < -0.39 is 5.54 Å². The molecule has 0 aliphatic heterocycles. The van der Waals surface area contributed by atoms with E-state index in [1.54, 1.807) is 61.7 Å². The smallest absolute Gasteiger partial charge is 0.255 e. The van der Waals surface area contributed by atoms with Gasteiger partial charge in [-0.05, 0) is 91.4 Å². The van der Waals surface area contributed by atoms with E-state index in [0.29, 0.717) is 33.4 Å². The molecule has 4 rings (SSSR count). The van der Waals surface area contributed by atoms with Crippen LogP contribution in [0.4, 0.5) is 4.39 Å². The summed E-state index contributed by atoms with van der Waals surface area (Å²) in [5, 5.41) is 6.32. The number of nitrogens with two attached hydrogens (primary N) is 1. The number of halogens is 1. The summed E-state index contributed by atoms with van der Waals surface area (Å²) in [7, 11) is 1.54. The zero-order valence-electron chi connectivity index (χ0n) is 22.0. The second-order valence-electron chi connectivity index (χ2n) is 9.48. The minimum atomic E-state index is -0.702. The van der Waals surface area contributed by atoms with Gasteiger partial charge in [-0.15, -0.1) is 0 Å². The number of rotatable bonds is 8. The highest BCUT2D eigenvalue weighted by Crippen LogP contribution is 2.36. The first-order valence-corrected chi connectivity index (χ1v) is 12.4. The van der Waals surface area contributed by atoms with Crippen molar-refractivity contribution in [1.29, 1.82) is 0 Å². The van der Waals surface area contributed by atoms with Crippen LogP contribution in [0.15, 0.2) is 108 Å². The highest BCUT2D eigenvalue weighted by Gasteiger charge is 2.25. The van der Waals surface area contributed by atoms with Crippen molar-refractivity contribution >= 4 is 22.8 Å². The topological polar surface area (TPSA) is 97.4 Å². The first-order valence-electron chi connectivity index (χ1n) is 12.4. The van der Waals surface area contributed by atoms with E-state index in [2.05, 4.69) is 17.2 Å². The van der Waals surface area contributed by atoms with Gasteiger partial charge in [0, 0.05) is 23.6 Å². The molecule has 1 aromatic heterocycles. The van der Waals surface area contributed by atoms with Gasteiger partial charge < -0.3 is 20.8 Å². The second kappa shape index (κ2) is 11.2. The lowest BCUT2D eigenvalue weighted by molar-refractivity contribution is 0.0923. The quantitative estimate of drug-likeness (QED) is 0.234. The van der Waals surface area contributed by atoms with Gasteiger partial charge in [-0.25, -0.2) is 4.39 Å². The lowest BCUT2D eigenvalue weighted by Crippen LogP contribution is -2.44. The van der Waals surface area contributed by atoms with Crippen LogP contribution in [0.3, 0.4) is 0 Å². The number of fused-ring (bicyclic) bond motifs is 1.